The van der Waals surface area contributed by atoms with E-state index in [-0.39, 0.29) is 11.5 Å². The van der Waals surface area contributed by atoms with Crippen molar-refractivity contribution in [3.63, 3.8) is 0 Å². The van der Waals surface area contributed by atoms with Gasteiger partial charge in [-0.2, -0.15) is 4.98 Å². The minimum Gasteiger partial charge on any atom is -0.388 e. The third-order valence-corrected chi connectivity index (χ3v) is 3.14. The molecule has 0 saturated carbocycles. The van der Waals surface area contributed by atoms with Gasteiger partial charge in [0.15, 0.2) is 0 Å². The lowest BCUT2D eigenvalue weighted by atomic mass is 9.95. The molecular weight excluding hydrogens is 250 g/mol. The number of nitrogens with one attached hydrogen (secondary N) is 1. The van der Waals surface area contributed by atoms with Gasteiger partial charge in [0, 0.05) is 20.1 Å². The second-order valence-electron chi connectivity index (χ2n) is 4.93. The predicted octanol–water partition coefficient (Wildman–Crippen LogP) is 0.778. The molecule has 8 heteroatoms. The molecule has 1 aromatic heterocycles. The Kier molecular flexibility index (Phi) is 3.52. The van der Waals surface area contributed by atoms with Crippen molar-refractivity contribution in [2.45, 2.75) is 25.4 Å². The van der Waals surface area contributed by atoms with Crippen LogP contribution in [0.5, 0.6) is 0 Å². The van der Waals surface area contributed by atoms with Crippen LogP contribution in [0.2, 0.25) is 0 Å². The standard InChI is InChI=1S/C11H17N5O3/c1-11(17)4-3-5-15(7-11)9-8(16(18)19)6-13-10(12-2)14-9/h6,17H,3-5,7H2,1-2H3,(H,12,13,14). The van der Waals surface area contributed by atoms with Crippen molar-refractivity contribution in [3.05, 3.63) is 16.3 Å². The van der Waals surface area contributed by atoms with Crippen molar-refractivity contribution in [1.82, 2.24) is 9.97 Å². The Balaban J connectivity index is 2.38. The van der Waals surface area contributed by atoms with E-state index < -0.39 is 10.5 Å². The third kappa shape index (κ3) is 2.90. The van der Waals surface area contributed by atoms with Gasteiger partial charge in [0.1, 0.15) is 6.20 Å². The Morgan fingerprint density at radius 1 is 1.63 bits per heavy atom. The van der Waals surface area contributed by atoms with Gasteiger partial charge in [0.25, 0.3) is 0 Å². The Bertz CT molecular complexity index is 491. The molecular formula is C11H17N5O3. The Labute approximate surface area is 110 Å². The fraction of sp³-hybridized carbons (Fsp3) is 0.636. The van der Waals surface area contributed by atoms with Gasteiger partial charge in [-0.25, -0.2) is 4.98 Å². The predicted molar refractivity (Wildman–Crippen MR) is 70.3 cm³/mol. The second kappa shape index (κ2) is 4.96. The molecule has 1 fully saturated rings. The van der Waals surface area contributed by atoms with Gasteiger partial charge in [0.2, 0.25) is 11.8 Å². The Morgan fingerprint density at radius 2 is 2.37 bits per heavy atom. The molecule has 0 spiro atoms. The van der Waals surface area contributed by atoms with Crippen LogP contribution >= 0.6 is 0 Å². The summed E-state index contributed by atoms with van der Waals surface area (Å²) in [4.78, 5) is 20.3. The van der Waals surface area contributed by atoms with Crippen LogP contribution in [0.4, 0.5) is 17.5 Å². The zero-order valence-corrected chi connectivity index (χ0v) is 11.0. The molecule has 104 valence electrons. The largest absolute Gasteiger partial charge is 0.388 e. The van der Waals surface area contributed by atoms with Gasteiger partial charge in [0.05, 0.1) is 10.5 Å². The molecule has 1 aliphatic rings. The highest BCUT2D eigenvalue weighted by atomic mass is 16.6. The highest BCUT2D eigenvalue weighted by Crippen LogP contribution is 2.31. The summed E-state index contributed by atoms with van der Waals surface area (Å²) >= 11 is 0. The lowest BCUT2D eigenvalue weighted by Crippen LogP contribution is -2.46. The summed E-state index contributed by atoms with van der Waals surface area (Å²) in [6.45, 7) is 2.69. The first-order chi connectivity index (χ1) is 8.93. The summed E-state index contributed by atoms with van der Waals surface area (Å²) in [7, 11) is 1.65. The van der Waals surface area contributed by atoms with E-state index in [0.717, 1.165) is 6.42 Å². The minimum absolute atomic E-state index is 0.142. The van der Waals surface area contributed by atoms with Crippen LogP contribution in [0.1, 0.15) is 19.8 Å². The van der Waals surface area contributed by atoms with Crippen LogP contribution in [0.3, 0.4) is 0 Å². The normalized spacial score (nSPS) is 23.2. The Hall–Kier alpha value is -1.96. The first-order valence-electron chi connectivity index (χ1n) is 6.09. The molecule has 1 unspecified atom stereocenters. The maximum Gasteiger partial charge on any atom is 0.329 e. The second-order valence-corrected chi connectivity index (χ2v) is 4.93. The molecule has 1 saturated heterocycles. The number of nitro groups is 1. The van der Waals surface area contributed by atoms with Crippen LogP contribution in [-0.4, -0.2) is 45.7 Å². The van der Waals surface area contributed by atoms with Crippen molar-refractivity contribution in [2.24, 2.45) is 0 Å². The third-order valence-electron chi connectivity index (χ3n) is 3.14. The van der Waals surface area contributed by atoms with Crippen LogP contribution in [0, 0.1) is 10.1 Å². The Morgan fingerprint density at radius 3 is 2.95 bits per heavy atom. The van der Waals surface area contributed by atoms with E-state index in [1.807, 2.05) is 0 Å². The van der Waals surface area contributed by atoms with Crippen molar-refractivity contribution >= 4 is 17.5 Å². The molecule has 2 heterocycles. The highest BCUT2D eigenvalue weighted by molar-refractivity contribution is 5.59. The van der Waals surface area contributed by atoms with Crippen LogP contribution in [-0.2, 0) is 0 Å². The van der Waals surface area contributed by atoms with Gasteiger partial charge in [-0.05, 0) is 19.8 Å². The monoisotopic (exact) mass is 267 g/mol. The van der Waals surface area contributed by atoms with E-state index in [9.17, 15) is 15.2 Å². The van der Waals surface area contributed by atoms with Gasteiger partial charge in [-0.15, -0.1) is 0 Å². The van der Waals surface area contributed by atoms with Crippen LogP contribution in [0.25, 0.3) is 0 Å². The SMILES string of the molecule is CNc1ncc([N+](=O)[O-])c(N2CCCC(C)(O)C2)n1. The summed E-state index contributed by atoms with van der Waals surface area (Å²) < 4.78 is 0. The lowest BCUT2D eigenvalue weighted by molar-refractivity contribution is -0.384. The van der Waals surface area contributed by atoms with Gasteiger partial charge in [-0.3, -0.25) is 10.1 Å². The molecule has 0 aliphatic carbocycles. The topological polar surface area (TPSA) is 104 Å². The number of nitrogens with zero attached hydrogens (tertiary/aromatic N) is 4. The molecule has 0 radical (unpaired) electrons. The zero-order chi connectivity index (χ0) is 14.0. The van der Waals surface area contributed by atoms with E-state index in [1.165, 1.54) is 6.20 Å². The summed E-state index contributed by atoms with van der Waals surface area (Å²) in [6.07, 6.45) is 2.64. The molecule has 1 atom stereocenters. The van der Waals surface area contributed by atoms with E-state index >= 15 is 0 Å². The van der Waals surface area contributed by atoms with Gasteiger partial charge >= 0.3 is 5.69 Å². The highest BCUT2D eigenvalue weighted by Gasteiger charge is 2.32. The number of aromatic nitrogens is 2. The maximum atomic E-state index is 11.0. The van der Waals surface area contributed by atoms with E-state index in [4.69, 9.17) is 0 Å². The quantitative estimate of drug-likeness (QED) is 0.615. The van der Waals surface area contributed by atoms with Crippen molar-refractivity contribution in [1.29, 1.82) is 0 Å². The summed E-state index contributed by atoms with van der Waals surface area (Å²) in [5.41, 5.74) is -0.992. The number of anilines is 2. The summed E-state index contributed by atoms with van der Waals surface area (Å²) in [5.74, 6) is 0.579. The van der Waals surface area contributed by atoms with Gasteiger partial charge in [-0.1, -0.05) is 0 Å². The minimum atomic E-state index is -0.850. The number of aliphatic hydroxyl groups is 1. The van der Waals surface area contributed by atoms with Gasteiger partial charge < -0.3 is 15.3 Å². The smallest absolute Gasteiger partial charge is 0.329 e. The number of β-amino-alcohol motifs (C(OH)–C–C–N with tert-alkyl or cyclic N) is 1. The molecule has 2 N–H and O–H groups in total. The van der Waals surface area contributed by atoms with E-state index in [0.29, 0.717) is 25.5 Å². The first kappa shape index (κ1) is 13.5. The van der Waals surface area contributed by atoms with Crippen molar-refractivity contribution in [2.75, 3.05) is 30.4 Å². The summed E-state index contributed by atoms with van der Waals surface area (Å²) in [6, 6.07) is 0. The lowest BCUT2D eigenvalue weighted by Gasteiger charge is -2.37. The number of hydrogen-bond donors (Lipinski definition) is 2. The van der Waals surface area contributed by atoms with E-state index in [2.05, 4.69) is 15.3 Å². The molecule has 0 amide bonds. The zero-order valence-electron chi connectivity index (χ0n) is 11.0. The summed E-state index contributed by atoms with van der Waals surface area (Å²) in [5, 5.41) is 23.9. The van der Waals surface area contributed by atoms with Crippen molar-refractivity contribution < 1.29 is 10.0 Å². The van der Waals surface area contributed by atoms with Crippen LogP contribution < -0.4 is 10.2 Å². The molecule has 0 aromatic carbocycles. The molecule has 1 aliphatic heterocycles. The number of rotatable bonds is 3. The fourth-order valence-corrected chi connectivity index (χ4v) is 2.25. The number of hydrogen-bond acceptors (Lipinski definition) is 7. The van der Waals surface area contributed by atoms with E-state index in [1.54, 1.807) is 18.9 Å². The molecule has 19 heavy (non-hydrogen) atoms. The fourth-order valence-electron chi connectivity index (χ4n) is 2.25. The first-order valence-corrected chi connectivity index (χ1v) is 6.09. The average molecular weight is 267 g/mol. The molecule has 0 bridgehead atoms. The van der Waals surface area contributed by atoms with Crippen LogP contribution in [0.15, 0.2) is 6.20 Å². The molecule has 8 nitrogen and oxygen atoms in total. The molecule has 2 rings (SSSR count). The van der Waals surface area contributed by atoms with Crippen molar-refractivity contribution in [3.8, 4) is 0 Å². The number of piperidine rings is 1. The molecule has 1 aromatic rings. The maximum absolute atomic E-state index is 11.0. The average Bonchev–Trinajstić information content (AvgIpc) is 2.36.